The van der Waals surface area contributed by atoms with E-state index in [1.807, 2.05) is 21.6 Å². The molecule has 0 radical (unpaired) electrons. The van der Waals surface area contributed by atoms with E-state index in [1.54, 1.807) is 50.4 Å². The Balaban J connectivity index is 1.50. The zero-order valence-electron chi connectivity index (χ0n) is 18.8. The van der Waals surface area contributed by atoms with Crippen LogP contribution in [0.4, 0.5) is 4.79 Å². The molecule has 3 fully saturated rings. The summed E-state index contributed by atoms with van der Waals surface area (Å²) in [7, 11) is 5.10. The minimum atomic E-state index is -0.269. The summed E-state index contributed by atoms with van der Waals surface area (Å²) in [6.45, 7) is 5.01. The van der Waals surface area contributed by atoms with Crippen LogP contribution in [0.25, 0.3) is 0 Å². The van der Waals surface area contributed by atoms with E-state index in [0.29, 0.717) is 38.3 Å². The van der Waals surface area contributed by atoms with Gasteiger partial charge in [-0.15, -0.1) is 0 Å². The second kappa shape index (κ2) is 8.05. The highest BCUT2D eigenvalue weighted by Gasteiger charge is 2.62. The SMILES string of the molecule is CCN1C(=O)[C@@H]2CN(C(=O)N(C)C)C[C@@H]2C12CCN(C(=O)c1ccc(OC)cc1)CC2. The Bertz CT molecular complexity index is 861. The summed E-state index contributed by atoms with van der Waals surface area (Å²) in [6, 6.07) is 7.15. The minimum absolute atomic E-state index is 0.0114. The van der Waals surface area contributed by atoms with Gasteiger partial charge in [0, 0.05) is 58.3 Å². The number of fused-ring (bicyclic) bond motifs is 2. The highest BCUT2D eigenvalue weighted by Crippen LogP contribution is 2.49. The Kier molecular flexibility index (Phi) is 5.58. The van der Waals surface area contributed by atoms with Gasteiger partial charge in [-0.1, -0.05) is 0 Å². The predicted molar refractivity (Wildman–Crippen MR) is 116 cm³/mol. The summed E-state index contributed by atoms with van der Waals surface area (Å²) in [5, 5.41) is 0. The second-order valence-electron chi connectivity index (χ2n) is 9.00. The van der Waals surface area contributed by atoms with Crippen molar-refractivity contribution in [3.63, 3.8) is 0 Å². The Morgan fingerprint density at radius 2 is 1.74 bits per heavy atom. The number of rotatable bonds is 3. The molecule has 3 saturated heterocycles. The standard InChI is InChI=1S/C23H32N4O4/c1-5-27-21(29)18-14-26(22(30)24(2)3)15-19(18)23(27)10-12-25(13-11-23)20(28)16-6-8-17(31-4)9-7-16/h6-9,18-19H,5,10-15H2,1-4H3/t18-,19+/m1/s1. The fraction of sp³-hybridized carbons (Fsp3) is 0.609. The van der Waals surface area contributed by atoms with E-state index in [0.717, 1.165) is 18.6 Å². The van der Waals surface area contributed by atoms with Crippen LogP contribution in [-0.4, -0.2) is 96.9 Å². The molecule has 4 rings (SSSR count). The third kappa shape index (κ3) is 3.42. The molecule has 0 N–H and O–H groups in total. The van der Waals surface area contributed by atoms with E-state index in [2.05, 4.69) is 0 Å². The lowest BCUT2D eigenvalue weighted by Crippen LogP contribution is -2.58. The van der Waals surface area contributed by atoms with Gasteiger partial charge >= 0.3 is 6.03 Å². The predicted octanol–water partition coefficient (Wildman–Crippen LogP) is 1.76. The number of nitrogens with zero attached hydrogens (tertiary/aromatic N) is 4. The Hall–Kier alpha value is -2.77. The van der Waals surface area contributed by atoms with Crippen molar-refractivity contribution in [1.29, 1.82) is 0 Å². The highest BCUT2D eigenvalue weighted by atomic mass is 16.5. The first-order chi connectivity index (χ1) is 14.8. The smallest absolute Gasteiger partial charge is 0.319 e. The van der Waals surface area contributed by atoms with Crippen molar-refractivity contribution in [2.45, 2.75) is 25.3 Å². The molecule has 1 spiro atoms. The number of ether oxygens (including phenoxy) is 1. The van der Waals surface area contributed by atoms with Gasteiger partial charge in [-0.2, -0.15) is 0 Å². The van der Waals surface area contributed by atoms with E-state index >= 15 is 0 Å². The zero-order valence-corrected chi connectivity index (χ0v) is 18.8. The molecule has 0 bridgehead atoms. The fourth-order valence-electron chi connectivity index (χ4n) is 5.78. The third-order valence-electron chi connectivity index (χ3n) is 7.35. The van der Waals surface area contributed by atoms with Crippen LogP contribution < -0.4 is 4.74 Å². The van der Waals surface area contributed by atoms with Crippen molar-refractivity contribution in [2.24, 2.45) is 11.8 Å². The van der Waals surface area contributed by atoms with Gasteiger partial charge in [0.05, 0.1) is 18.6 Å². The lowest BCUT2D eigenvalue weighted by atomic mass is 9.74. The summed E-state index contributed by atoms with van der Waals surface area (Å²) >= 11 is 0. The summed E-state index contributed by atoms with van der Waals surface area (Å²) in [5.41, 5.74) is 0.377. The van der Waals surface area contributed by atoms with Gasteiger partial charge in [-0.25, -0.2) is 4.79 Å². The number of likely N-dealkylation sites (tertiary alicyclic amines) is 3. The van der Waals surface area contributed by atoms with Crippen LogP contribution >= 0.6 is 0 Å². The maximum absolute atomic E-state index is 13.2. The maximum atomic E-state index is 13.2. The van der Waals surface area contributed by atoms with Gasteiger partial charge < -0.3 is 24.3 Å². The molecular weight excluding hydrogens is 396 g/mol. The molecular formula is C23H32N4O4. The number of hydrogen-bond acceptors (Lipinski definition) is 4. The molecule has 1 aromatic rings. The molecule has 1 aromatic carbocycles. The molecule has 0 unspecified atom stereocenters. The van der Waals surface area contributed by atoms with E-state index < -0.39 is 0 Å². The fourth-order valence-corrected chi connectivity index (χ4v) is 5.78. The van der Waals surface area contributed by atoms with Gasteiger partial charge in [0.1, 0.15) is 5.75 Å². The molecule has 0 aliphatic carbocycles. The van der Waals surface area contributed by atoms with Gasteiger partial charge in [-0.05, 0) is 44.0 Å². The monoisotopic (exact) mass is 428 g/mol. The van der Waals surface area contributed by atoms with E-state index in [9.17, 15) is 14.4 Å². The van der Waals surface area contributed by atoms with Crippen molar-refractivity contribution < 1.29 is 19.1 Å². The summed E-state index contributed by atoms with van der Waals surface area (Å²) in [6.07, 6.45) is 1.50. The van der Waals surface area contributed by atoms with E-state index in [4.69, 9.17) is 4.74 Å². The van der Waals surface area contributed by atoms with Gasteiger partial charge in [0.25, 0.3) is 5.91 Å². The normalized spacial score (nSPS) is 24.5. The van der Waals surface area contributed by atoms with Crippen LogP contribution in [0.3, 0.4) is 0 Å². The van der Waals surface area contributed by atoms with Crippen molar-refractivity contribution >= 4 is 17.8 Å². The molecule has 3 aliphatic rings. The number of hydrogen-bond donors (Lipinski definition) is 0. The quantitative estimate of drug-likeness (QED) is 0.736. The number of methoxy groups -OCH3 is 1. The number of carbonyl (C=O) groups excluding carboxylic acids is 3. The van der Waals surface area contributed by atoms with Crippen LogP contribution in [0.1, 0.15) is 30.1 Å². The molecule has 31 heavy (non-hydrogen) atoms. The third-order valence-corrected chi connectivity index (χ3v) is 7.35. The van der Waals surface area contributed by atoms with Gasteiger partial charge in [0.2, 0.25) is 5.91 Å². The van der Waals surface area contributed by atoms with Crippen molar-refractivity contribution in [3.8, 4) is 5.75 Å². The molecule has 8 heteroatoms. The van der Waals surface area contributed by atoms with Gasteiger partial charge in [-0.3, -0.25) is 9.59 Å². The molecule has 4 amide bonds. The highest BCUT2D eigenvalue weighted by molar-refractivity contribution is 5.94. The number of amides is 4. The molecule has 0 saturated carbocycles. The van der Waals surface area contributed by atoms with Crippen molar-refractivity contribution in [2.75, 3.05) is 53.9 Å². The average molecular weight is 429 g/mol. The lowest BCUT2D eigenvalue weighted by Gasteiger charge is -2.47. The maximum Gasteiger partial charge on any atom is 0.319 e. The molecule has 0 aromatic heterocycles. The first-order valence-corrected chi connectivity index (χ1v) is 11.0. The van der Waals surface area contributed by atoms with Crippen molar-refractivity contribution in [1.82, 2.24) is 19.6 Å². The molecule has 8 nitrogen and oxygen atoms in total. The molecule has 2 atom stereocenters. The topological polar surface area (TPSA) is 73.4 Å². The zero-order chi connectivity index (χ0) is 22.3. The molecule has 3 aliphatic heterocycles. The van der Waals surface area contributed by atoms with E-state index in [-0.39, 0.29) is 35.2 Å². The summed E-state index contributed by atoms with van der Waals surface area (Å²) in [5.74, 6) is 0.893. The average Bonchev–Trinajstić information content (AvgIpc) is 3.32. The first-order valence-electron chi connectivity index (χ1n) is 11.0. The number of piperidine rings is 1. The van der Waals surface area contributed by atoms with Crippen LogP contribution in [-0.2, 0) is 4.79 Å². The van der Waals surface area contributed by atoms with Gasteiger partial charge in [0.15, 0.2) is 0 Å². The number of carbonyl (C=O) groups is 3. The van der Waals surface area contributed by atoms with Crippen LogP contribution in [0.5, 0.6) is 5.75 Å². The summed E-state index contributed by atoms with van der Waals surface area (Å²) in [4.78, 5) is 46.0. The summed E-state index contributed by atoms with van der Waals surface area (Å²) < 4.78 is 5.18. The first kappa shape index (κ1) is 21.5. The Morgan fingerprint density at radius 1 is 1.10 bits per heavy atom. The van der Waals surface area contributed by atoms with E-state index in [1.165, 1.54) is 0 Å². The lowest BCUT2D eigenvalue weighted by molar-refractivity contribution is -0.135. The second-order valence-corrected chi connectivity index (χ2v) is 9.00. The van der Waals surface area contributed by atoms with Crippen LogP contribution in [0.15, 0.2) is 24.3 Å². The van der Waals surface area contributed by atoms with Crippen LogP contribution in [0, 0.1) is 11.8 Å². The van der Waals surface area contributed by atoms with Crippen LogP contribution in [0.2, 0.25) is 0 Å². The molecule has 168 valence electrons. The Labute approximate surface area is 183 Å². The number of benzene rings is 1. The number of urea groups is 1. The Morgan fingerprint density at radius 3 is 2.29 bits per heavy atom. The van der Waals surface area contributed by atoms with Crippen molar-refractivity contribution in [3.05, 3.63) is 29.8 Å². The molecule has 3 heterocycles. The largest absolute Gasteiger partial charge is 0.497 e. The minimum Gasteiger partial charge on any atom is -0.497 e.